The third-order valence-corrected chi connectivity index (χ3v) is 4.46. The summed E-state index contributed by atoms with van der Waals surface area (Å²) in [6.07, 6.45) is -1.29. The number of carbonyl (C=O) groups excluding carboxylic acids is 2. The molecule has 2 fully saturated rings. The smallest absolute Gasteiger partial charge is 0.303 e. The van der Waals surface area contributed by atoms with Crippen molar-refractivity contribution in [2.45, 2.75) is 62.8 Å². The molecule has 0 aliphatic carbocycles. The molecule has 0 saturated carbocycles. The molecule has 2 aliphatic rings. The van der Waals surface area contributed by atoms with Gasteiger partial charge in [0.05, 0.1) is 16.6 Å². The standard InChI is InChI=1S/C13H20O6S/c1-6(2)17-13-10(18-8(4)15)12-11(20-12)9(19-13)5-16-7(3)14/h6,9-13H,5H2,1-4H3/t9-,10-,11-,12-,13+/m1/s1. The van der Waals surface area contributed by atoms with Gasteiger partial charge in [-0.3, -0.25) is 9.59 Å². The molecule has 2 heterocycles. The van der Waals surface area contributed by atoms with Crippen molar-refractivity contribution < 1.29 is 28.5 Å². The first kappa shape index (κ1) is 15.6. The van der Waals surface area contributed by atoms with Gasteiger partial charge in [0.25, 0.3) is 0 Å². The molecule has 0 spiro atoms. The van der Waals surface area contributed by atoms with Crippen LogP contribution in [-0.2, 0) is 28.5 Å². The van der Waals surface area contributed by atoms with Crippen LogP contribution in [-0.4, -0.2) is 53.6 Å². The SMILES string of the molecule is CC(=O)OC[C@H]1O[C@H](OC(C)C)[C@H](OC(C)=O)[C@H]2S[C@@H]21. The van der Waals surface area contributed by atoms with Crippen LogP contribution >= 0.6 is 11.8 Å². The first-order chi connectivity index (χ1) is 9.38. The van der Waals surface area contributed by atoms with Crippen LogP contribution in [0.15, 0.2) is 0 Å². The second-order valence-electron chi connectivity index (χ2n) is 5.17. The largest absolute Gasteiger partial charge is 0.463 e. The normalized spacial score (nSPS) is 35.4. The highest BCUT2D eigenvalue weighted by Crippen LogP contribution is 2.52. The summed E-state index contributed by atoms with van der Waals surface area (Å²) in [5.41, 5.74) is 0. The van der Waals surface area contributed by atoms with Gasteiger partial charge in [-0.05, 0) is 13.8 Å². The molecule has 0 N–H and O–H groups in total. The van der Waals surface area contributed by atoms with Crippen LogP contribution in [0.25, 0.3) is 0 Å². The third kappa shape index (κ3) is 3.86. The second-order valence-corrected chi connectivity index (χ2v) is 6.53. The van der Waals surface area contributed by atoms with Crippen molar-refractivity contribution in [2.24, 2.45) is 0 Å². The van der Waals surface area contributed by atoms with Crippen molar-refractivity contribution in [1.29, 1.82) is 0 Å². The summed E-state index contributed by atoms with van der Waals surface area (Å²) in [6, 6.07) is 0. The van der Waals surface area contributed by atoms with Gasteiger partial charge >= 0.3 is 11.9 Å². The fourth-order valence-electron chi connectivity index (χ4n) is 2.21. The molecule has 2 rings (SSSR count). The molecule has 2 saturated heterocycles. The van der Waals surface area contributed by atoms with E-state index in [-0.39, 0.29) is 41.3 Å². The lowest BCUT2D eigenvalue weighted by Gasteiger charge is -2.34. The van der Waals surface area contributed by atoms with E-state index in [4.69, 9.17) is 18.9 Å². The van der Waals surface area contributed by atoms with Crippen molar-refractivity contribution in [2.75, 3.05) is 6.61 Å². The van der Waals surface area contributed by atoms with E-state index in [1.165, 1.54) is 13.8 Å². The minimum atomic E-state index is -0.615. The Bertz CT molecular complexity index is 385. The Morgan fingerprint density at radius 2 is 1.90 bits per heavy atom. The highest BCUT2D eigenvalue weighted by molar-refractivity contribution is 8.07. The van der Waals surface area contributed by atoms with Gasteiger partial charge in [0, 0.05) is 13.8 Å². The minimum absolute atomic E-state index is 0.0484. The Hall–Kier alpha value is -0.790. The lowest BCUT2D eigenvalue weighted by atomic mass is 10.1. The van der Waals surface area contributed by atoms with Gasteiger partial charge in [-0.15, -0.1) is 11.8 Å². The first-order valence-corrected chi connectivity index (χ1v) is 7.59. The van der Waals surface area contributed by atoms with Crippen LogP contribution in [0.1, 0.15) is 27.7 Å². The predicted molar refractivity (Wildman–Crippen MR) is 72.2 cm³/mol. The maximum absolute atomic E-state index is 11.2. The van der Waals surface area contributed by atoms with Crippen molar-refractivity contribution >= 4 is 23.7 Å². The van der Waals surface area contributed by atoms with Gasteiger partial charge in [0.2, 0.25) is 0 Å². The number of thioether (sulfide) groups is 1. The molecule has 7 heteroatoms. The maximum Gasteiger partial charge on any atom is 0.303 e. The maximum atomic E-state index is 11.2. The summed E-state index contributed by atoms with van der Waals surface area (Å²) in [5.74, 6) is -0.681. The number of ether oxygens (including phenoxy) is 4. The highest BCUT2D eigenvalue weighted by Gasteiger charge is 2.59. The topological polar surface area (TPSA) is 71.1 Å². The molecule has 6 nitrogen and oxygen atoms in total. The van der Waals surface area contributed by atoms with Crippen molar-refractivity contribution in [3.8, 4) is 0 Å². The Kier molecular flexibility index (Phi) is 4.93. The molecule has 0 radical (unpaired) electrons. The summed E-state index contributed by atoms with van der Waals surface area (Å²) >= 11 is 1.67. The Morgan fingerprint density at radius 3 is 2.45 bits per heavy atom. The Morgan fingerprint density at radius 1 is 1.20 bits per heavy atom. The zero-order chi connectivity index (χ0) is 14.9. The zero-order valence-corrected chi connectivity index (χ0v) is 12.8. The molecule has 2 aliphatic heterocycles. The van der Waals surface area contributed by atoms with Crippen LogP contribution in [0.4, 0.5) is 0 Å². The van der Waals surface area contributed by atoms with Crippen LogP contribution in [0.5, 0.6) is 0 Å². The molecular weight excluding hydrogens is 284 g/mol. The predicted octanol–water partition coefficient (Wildman–Crippen LogP) is 1.12. The van der Waals surface area contributed by atoms with Crippen LogP contribution < -0.4 is 0 Å². The monoisotopic (exact) mass is 304 g/mol. The fourth-order valence-corrected chi connectivity index (χ4v) is 3.47. The van der Waals surface area contributed by atoms with Gasteiger partial charge in [-0.25, -0.2) is 0 Å². The van der Waals surface area contributed by atoms with E-state index >= 15 is 0 Å². The number of hydrogen-bond acceptors (Lipinski definition) is 7. The van der Waals surface area contributed by atoms with Gasteiger partial charge < -0.3 is 18.9 Å². The first-order valence-electron chi connectivity index (χ1n) is 6.65. The van der Waals surface area contributed by atoms with Gasteiger partial charge in [-0.1, -0.05) is 0 Å². The van der Waals surface area contributed by atoms with Gasteiger partial charge in [0.1, 0.15) is 12.7 Å². The van der Waals surface area contributed by atoms with E-state index < -0.39 is 12.4 Å². The number of esters is 2. The van der Waals surface area contributed by atoms with Gasteiger partial charge in [0.15, 0.2) is 12.4 Å². The molecule has 0 aromatic carbocycles. The fraction of sp³-hybridized carbons (Fsp3) is 0.846. The molecule has 0 aromatic heterocycles. The molecule has 0 amide bonds. The number of fused-ring (bicyclic) bond motifs is 1. The molecule has 0 aromatic rings. The van der Waals surface area contributed by atoms with E-state index in [1.807, 2.05) is 13.8 Å². The summed E-state index contributed by atoms with van der Waals surface area (Å²) in [7, 11) is 0. The lowest BCUT2D eigenvalue weighted by Crippen LogP contribution is -2.50. The Balaban J connectivity index is 1.99. The number of hydrogen-bond donors (Lipinski definition) is 0. The average molecular weight is 304 g/mol. The van der Waals surface area contributed by atoms with E-state index in [1.54, 1.807) is 11.8 Å². The highest BCUT2D eigenvalue weighted by atomic mass is 32.2. The molecule has 5 atom stereocenters. The van der Waals surface area contributed by atoms with Crippen LogP contribution in [0, 0.1) is 0 Å². The molecule has 0 unspecified atom stereocenters. The van der Waals surface area contributed by atoms with Gasteiger partial charge in [-0.2, -0.15) is 0 Å². The van der Waals surface area contributed by atoms with Crippen molar-refractivity contribution in [3.63, 3.8) is 0 Å². The van der Waals surface area contributed by atoms with Crippen molar-refractivity contribution in [3.05, 3.63) is 0 Å². The second kappa shape index (κ2) is 6.32. The quantitative estimate of drug-likeness (QED) is 0.556. The molecule has 20 heavy (non-hydrogen) atoms. The average Bonchev–Trinajstić information content (AvgIpc) is 3.08. The summed E-state index contributed by atoms with van der Waals surface area (Å²) < 4.78 is 21.8. The zero-order valence-electron chi connectivity index (χ0n) is 12.0. The summed E-state index contributed by atoms with van der Waals surface area (Å²) in [4.78, 5) is 22.1. The molecule has 114 valence electrons. The minimum Gasteiger partial charge on any atom is -0.463 e. The van der Waals surface area contributed by atoms with E-state index in [0.717, 1.165) is 0 Å². The Labute approximate surface area is 122 Å². The molecule has 0 bridgehead atoms. The van der Waals surface area contributed by atoms with E-state index in [9.17, 15) is 9.59 Å². The van der Waals surface area contributed by atoms with Crippen molar-refractivity contribution in [1.82, 2.24) is 0 Å². The number of rotatable bonds is 5. The van der Waals surface area contributed by atoms with E-state index in [0.29, 0.717) is 0 Å². The summed E-state index contributed by atoms with van der Waals surface area (Å²) in [6.45, 7) is 6.72. The van der Waals surface area contributed by atoms with E-state index in [2.05, 4.69) is 0 Å². The van der Waals surface area contributed by atoms with Crippen LogP contribution in [0.2, 0.25) is 0 Å². The lowest BCUT2D eigenvalue weighted by molar-refractivity contribution is -0.254. The third-order valence-electron chi connectivity index (χ3n) is 2.99. The number of carbonyl (C=O) groups is 2. The molecular formula is C13H20O6S. The van der Waals surface area contributed by atoms with Crippen LogP contribution in [0.3, 0.4) is 0 Å². The summed E-state index contributed by atoms with van der Waals surface area (Å²) in [5, 5.41) is 0.336.